The first-order valence-electron chi connectivity index (χ1n) is 2.34. The minimum absolute atomic E-state index is 0. The molecule has 6 heteroatoms. The molecule has 0 heterocycles. The maximum Gasteiger partial charge on any atom is 1.00 e. The van der Waals surface area contributed by atoms with E-state index in [-0.39, 0.29) is 57.2 Å². The van der Waals surface area contributed by atoms with Gasteiger partial charge in [0.15, 0.2) is 0 Å². The van der Waals surface area contributed by atoms with E-state index >= 15 is 0 Å². The second-order valence-electron chi connectivity index (χ2n) is 1.24. The van der Waals surface area contributed by atoms with Gasteiger partial charge in [-0.15, -0.1) is 0 Å². The van der Waals surface area contributed by atoms with Gasteiger partial charge in [-0.3, -0.25) is 4.79 Å². The SMILES string of the molecule is CC(=O)COC(=O)[O-].CI.[K+]. The molecule has 0 N–H and O–H groups in total. The van der Waals surface area contributed by atoms with Gasteiger partial charge in [-0.25, -0.2) is 0 Å². The normalized spacial score (nSPS) is 6.45. The van der Waals surface area contributed by atoms with E-state index in [4.69, 9.17) is 0 Å². The van der Waals surface area contributed by atoms with Crippen LogP contribution in [0.3, 0.4) is 0 Å². The van der Waals surface area contributed by atoms with E-state index in [1.54, 1.807) is 0 Å². The summed E-state index contributed by atoms with van der Waals surface area (Å²) in [4.78, 5) is 21.3. The Kier molecular flexibility index (Phi) is 22.9. The summed E-state index contributed by atoms with van der Waals surface area (Å²) in [7, 11) is 0. The van der Waals surface area contributed by atoms with Crippen molar-refractivity contribution in [2.45, 2.75) is 6.92 Å². The Morgan fingerprint density at radius 3 is 1.91 bits per heavy atom. The van der Waals surface area contributed by atoms with Crippen molar-refractivity contribution in [3.63, 3.8) is 0 Å². The first kappa shape index (κ1) is 18.2. The standard InChI is InChI=1S/C4H6O4.CH3I.K/c1-3(5)2-8-4(6)7;1-2;/h2H2,1H3,(H,6,7);1H3;/q;;+1/p-1. The first-order valence-corrected chi connectivity index (χ1v) is 4.49. The van der Waals surface area contributed by atoms with Crippen LogP contribution in [0.4, 0.5) is 4.79 Å². The predicted octanol–water partition coefficient (Wildman–Crippen LogP) is -3.01. The fourth-order valence-electron chi connectivity index (χ4n) is 0.161. The van der Waals surface area contributed by atoms with E-state index < -0.39 is 12.8 Å². The zero-order valence-corrected chi connectivity index (χ0v) is 12.0. The summed E-state index contributed by atoms with van der Waals surface area (Å²) in [5, 5.41) is 9.42. The molecule has 11 heavy (non-hydrogen) atoms. The number of halogens is 1. The Hall–Kier alpha value is 1.31. The number of hydrogen-bond donors (Lipinski definition) is 0. The van der Waals surface area contributed by atoms with Crippen LogP contribution < -0.4 is 56.5 Å². The van der Waals surface area contributed by atoms with Crippen LogP contribution in [0.25, 0.3) is 0 Å². The second-order valence-corrected chi connectivity index (χ2v) is 1.24. The molecule has 0 saturated carbocycles. The molecule has 0 aromatic carbocycles. The van der Waals surface area contributed by atoms with Gasteiger partial charge in [0.25, 0.3) is 6.16 Å². The Morgan fingerprint density at radius 2 is 1.82 bits per heavy atom. The number of ketones is 1. The zero-order valence-electron chi connectivity index (χ0n) is 6.72. The summed E-state index contributed by atoms with van der Waals surface area (Å²) in [5.41, 5.74) is 0. The van der Waals surface area contributed by atoms with Crippen molar-refractivity contribution in [1.29, 1.82) is 0 Å². The van der Waals surface area contributed by atoms with Gasteiger partial charge in [0, 0.05) is 0 Å². The molecular formula is C5H8IKO4. The molecule has 0 aliphatic rings. The molecule has 0 spiro atoms. The minimum Gasteiger partial charge on any atom is -0.542 e. The van der Waals surface area contributed by atoms with Crippen molar-refractivity contribution in [1.82, 2.24) is 0 Å². The molecule has 0 aliphatic carbocycles. The van der Waals surface area contributed by atoms with Gasteiger partial charge in [-0.05, 0) is 11.9 Å². The van der Waals surface area contributed by atoms with E-state index in [1.165, 1.54) is 6.92 Å². The van der Waals surface area contributed by atoms with Crippen molar-refractivity contribution in [3.8, 4) is 0 Å². The van der Waals surface area contributed by atoms with Crippen LogP contribution in [-0.4, -0.2) is 23.5 Å². The molecule has 0 fully saturated rings. The van der Waals surface area contributed by atoms with Gasteiger partial charge >= 0.3 is 51.4 Å². The van der Waals surface area contributed by atoms with E-state index in [9.17, 15) is 14.7 Å². The second kappa shape index (κ2) is 13.9. The molecule has 0 saturated heterocycles. The van der Waals surface area contributed by atoms with Crippen LogP contribution in [0.2, 0.25) is 0 Å². The number of Topliss-reactive ketones (excluding diaryl/α,β-unsaturated/α-hetero) is 1. The summed E-state index contributed by atoms with van der Waals surface area (Å²) in [5.74, 6) is -0.339. The van der Waals surface area contributed by atoms with E-state index in [0.717, 1.165) is 0 Å². The largest absolute Gasteiger partial charge is 1.00 e. The van der Waals surface area contributed by atoms with Crippen LogP contribution >= 0.6 is 22.6 Å². The van der Waals surface area contributed by atoms with Gasteiger partial charge in [0.2, 0.25) is 0 Å². The van der Waals surface area contributed by atoms with Crippen LogP contribution in [0, 0.1) is 0 Å². The van der Waals surface area contributed by atoms with E-state index in [1.807, 2.05) is 4.93 Å². The molecule has 0 amide bonds. The van der Waals surface area contributed by atoms with Gasteiger partial charge < -0.3 is 14.6 Å². The summed E-state index contributed by atoms with van der Waals surface area (Å²) in [6, 6.07) is 0. The number of carboxylic acid groups (broad SMARTS) is 1. The zero-order chi connectivity index (χ0) is 8.57. The molecular weight excluding hydrogens is 290 g/mol. The quantitative estimate of drug-likeness (QED) is 0.236. The Bertz CT molecular complexity index is 103. The molecule has 0 rings (SSSR count). The maximum absolute atomic E-state index is 9.93. The van der Waals surface area contributed by atoms with E-state index in [0.29, 0.717) is 0 Å². The average molecular weight is 298 g/mol. The third-order valence-corrected chi connectivity index (χ3v) is 0.393. The van der Waals surface area contributed by atoms with E-state index in [2.05, 4.69) is 27.3 Å². The molecule has 0 atom stereocenters. The van der Waals surface area contributed by atoms with Crippen LogP contribution in [-0.2, 0) is 9.53 Å². The fraction of sp³-hybridized carbons (Fsp3) is 0.600. The maximum atomic E-state index is 9.93. The summed E-state index contributed by atoms with van der Waals surface area (Å²) in [6.45, 7) is 0.811. The number of carbonyl (C=O) groups excluding carboxylic acids is 2. The molecule has 0 aromatic rings. The van der Waals surface area contributed by atoms with Crippen molar-refractivity contribution in [2.75, 3.05) is 11.5 Å². The summed E-state index contributed by atoms with van der Waals surface area (Å²) >= 11 is 2.15. The fourth-order valence-corrected chi connectivity index (χ4v) is 0.161. The Labute approximate surface area is 122 Å². The molecule has 60 valence electrons. The predicted molar refractivity (Wildman–Crippen MR) is 42.0 cm³/mol. The average Bonchev–Trinajstić information content (AvgIpc) is 1.89. The topological polar surface area (TPSA) is 66.4 Å². The molecule has 0 unspecified atom stereocenters. The van der Waals surface area contributed by atoms with Crippen molar-refractivity contribution < 1.29 is 70.8 Å². The van der Waals surface area contributed by atoms with Gasteiger partial charge in [-0.2, -0.15) is 0 Å². The molecule has 0 bridgehead atoms. The van der Waals surface area contributed by atoms with Gasteiger partial charge in [0.05, 0.1) is 6.61 Å². The van der Waals surface area contributed by atoms with Crippen LogP contribution in [0.15, 0.2) is 0 Å². The van der Waals surface area contributed by atoms with Crippen molar-refractivity contribution in [3.05, 3.63) is 0 Å². The smallest absolute Gasteiger partial charge is 0.542 e. The minimum atomic E-state index is -1.67. The number of alkyl halides is 1. The number of ether oxygens (including phenoxy) is 1. The summed E-state index contributed by atoms with van der Waals surface area (Å²) in [6.07, 6.45) is -1.67. The van der Waals surface area contributed by atoms with Gasteiger partial charge in [-0.1, -0.05) is 22.6 Å². The third-order valence-electron chi connectivity index (χ3n) is 0.393. The Morgan fingerprint density at radius 1 is 1.45 bits per heavy atom. The Balaban J connectivity index is -0.000000196. The number of hydrogen-bond acceptors (Lipinski definition) is 4. The van der Waals surface area contributed by atoms with Crippen molar-refractivity contribution in [2.24, 2.45) is 0 Å². The molecule has 0 radical (unpaired) electrons. The first-order chi connectivity index (χ1) is 4.63. The number of rotatable bonds is 2. The van der Waals surface area contributed by atoms with Crippen LogP contribution in [0.5, 0.6) is 0 Å². The molecule has 0 aliphatic heterocycles. The van der Waals surface area contributed by atoms with Gasteiger partial charge in [0.1, 0.15) is 5.78 Å². The third kappa shape index (κ3) is 24.6. The summed E-state index contributed by atoms with van der Waals surface area (Å²) < 4.78 is 3.76. The van der Waals surface area contributed by atoms with Crippen LogP contribution in [0.1, 0.15) is 6.92 Å². The molecule has 4 nitrogen and oxygen atoms in total. The monoisotopic (exact) mass is 298 g/mol. The molecule has 0 aromatic heterocycles. The van der Waals surface area contributed by atoms with Crippen molar-refractivity contribution >= 4 is 34.5 Å². The number of carbonyl (C=O) groups is 2.